The van der Waals surface area contributed by atoms with E-state index in [-0.39, 0.29) is 18.6 Å². The lowest BCUT2D eigenvalue weighted by Gasteiger charge is -2.19. The smallest absolute Gasteiger partial charge is 0.338 e. The van der Waals surface area contributed by atoms with Crippen LogP contribution >= 0.6 is 15.9 Å². The third-order valence-corrected chi connectivity index (χ3v) is 6.49. The Morgan fingerprint density at radius 3 is 2.18 bits per heavy atom. The second-order valence-electron chi connectivity index (χ2n) is 8.11. The highest BCUT2D eigenvalue weighted by molar-refractivity contribution is 9.08. The van der Waals surface area contributed by atoms with Gasteiger partial charge in [-0.15, -0.1) is 0 Å². The Morgan fingerprint density at radius 2 is 1.56 bits per heavy atom. The van der Waals surface area contributed by atoms with Crippen LogP contribution in [0.5, 0.6) is 0 Å². The molecule has 1 saturated carbocycles. The van der Waals surface area contributed by atoms with E-state index in [9.17, 15) is 19.2 Å². The molecule has 2 aromatic carbocycles. The van der Waals surface area contributed by atoms with Crippen LogP contribution in [-0.4, -0.2) is 34.2 Å². The first-order valence-corrected chi connectivity index (χ1v) is 12.0. The zero-order chi connectivity index (χ0) is 24.1. The van der Waals surface area contributed by atoms with Crippen LogP contribution in [0.2, 0.25) is 0 Å². The van der Waals surface area contributed by atoms with Crippen LogP contribution < -0.4 is 11.2 Å². The number of benzene rings is 2. The molecular weight excluding hydrogens is 504 g/mol. The fraction of sp³-hybridized carbons (Fsp3) is 0.280. The molecule has 0 radical (unpaired) electrons. The molecule has 1 aromatic heterocycles. The van der Waals surface area contributed by atoms with E-state index in [1.54, 1.807) is 60.7 Å². The predicted octanol–water partition coefficient (Wildman–Crippen LogP) is 3.47. The number of aromatic amines is 1. The number of aromatic nitrogens is 2. The molecule has 0 spiro atoms. The number of hydrogen-bond donors (Lipinski definition) is 1. The molecule has 1 fully saturated rings. The molecule has 1 aliphatic rings. The van der Waals surface area contributed by atoms with Crippen LogP contribution in [-0.2, 0) is 14.8 Å². The molecule has 176 valence electrons. The van der Waals surface area contributed by atoms with E-state index in [2.05, 4.69) is 20.9 Å². The number of halogens is 1. The topological polar surface area (TPSA) is 107 Å². The van der Waals surface area contributed by atoms with Crippen molar-refractivity contribution in [1.29, 1.82) is 0 Å². The van der Waals surface area contributed by atoms with Gasteiger partial charge in [0.05, 0.1) is 17.7 Å². The largest absolute Gasteiger partial charge is 0.462 e. The Morgan fingerprint density at radius 1 is 0.941 bits per heavy atom. The fourth-order valence-electron chi connectivity index (χ4n) is 4.12. The number of ether oxygens (including phenoxy) is 2. The second-order valence-corrected chi connectivity index (χ2v) is 8.67. The van der Waals surface area contributed by atoms with Crippen molar-refractivity contribution >= 4 is 27.9 Å². The Labute approximate surface area is 203 Å². The van der Waals surface area contributed by atoms with Crippen molar-refractivity contribution in [3.8, 4) is 0 Å². The Bertz CT molecular complexity index is 1270. The van der Waals surface area contributed by atoms with Crippen molar-refractivity contribution in [2.45, 2.75) is 30.3 Å². The number of nitrogens with zero attached hydrogens (tertiary/aromatic N) is 1. The standard InChI is InChI=1S/C25H23BrN2O6/c26-13-19-14-28(25(32)27-22(19)29)20-11-18(15-33-23(30)16-7-3-1-4-8-16)21(12-20)34-24(31)17-9-5-2-6-10-17/h1-10,14,18,20-21H,11-13,15H2,(H,27,29,32)/t18-,20-,21+/m1/s1. The quantitative estimate of drug-likeness (QED) is 0.373. The molecule has 8 nitrogen and oxygen atoms in total. The summed E-state index contributed by atoms with van der Waals surface area (Å²) in [6.07, 6.45) is 1.73. The lowest BCUT2D eigenvalue weighted by molar-refractivity contribution is 0.00476. The number of H-pyrrole nitrogens is 1. The first-order chi connectivity index (χ1) is 16.5. The van der Waals surface area contributed by atoms with Gasteiger partial charge in [-0.2, -0.15) is 0 Å². The van der Waals surface area contributed by atoms with E-state index in [0.717, 1.165) is 0 Å². The van der Waals surface area contributed by atoms with Gasteiger partial charge >= 0.3 is 17.6 Å². The van der Waals surface area contributed by atoms with Crippen molar-refractivity contribution in [2.75, 3.05) is 6.61 Å². The van der Waals surface area contributed by atoms with Gasteiger partial charge in [0.2, 0.25) is 0 Å². The van der Waals surface area contributed by atoms with Gasteiger partial charge in [0.25, 0.3) is 5.56 Å². The summed E-state index contributed by atoms with van der Waals surface area (Å²) < 4.78 is 12.8. The third kappa shape index (κ3) is 5.36. The molecule has 0 unspecified atom stereocenters. The van der Waals surface area contributed by atoms with Gasteiger partial charge in [0, 0.05) is 35.5 Å². The van der Waals surface area contributed by atoms with Crippen LogP contribution in [0.3, 0.4) is 0 Å². The van der Waals surface area contributed by atoms with Gasteiger partial charge in [-0.3, -0.25) is 14.3 Å². The van der Waals surface area contributed by atoms with Crippen molar-refractivity contribution in [3.63, 3.8) is 0 Å². The SMILES string of the molecule is O=C(OC[C@H]1C[C@@H](n2cc(CBr)c(=O)[nH]c2=O)C[C@@H]1OC(=O)c1ccccc1)c1ccccc1. The lowest BCUT2D eigenvalue weighted by atomic mass is 10.1. The maximum absolute atomic E-state index is 12.7. The highest BCUT2D eigenvalue weighted by Crippen LogP contribution is 2.37. The lowest BCUT2D eigenvalue weighted by Crippen LogP contribution is -2.33. The van der Waals surface area contributed by atoms with Crippen molar-refractivity contribution in [3.05, 3.63) is 104 Å². The van der Waals surface area contributed by atoms with E-state index >= 15 is 0 Å². The minimum atomic E-state index is -0.576. The normalized spacial score (nSPS) is 19.5. The summed E-state index contributed by atoms with van der Waals surface area (Å²) in [6.45, 7) is 0.0281. The molecule has 1 heterocycles. The van der Waals surface area contributed by atoms with Gasteiger partial charge in [-0.05, 0) is 30.7 Å². The predicted molar refractivity (Wildman–Crippen MR) is 128 cm³/mol. The van der Waals surface area contributed by atoms with Crippen LogP contribution in [0.1, 0.15) is 45.2 Å². The Balaban J connectivity index is 1.55. The van der Waals surface area contributed by atoms with Crippen molar-refractivity contribution < 1.29 is 19.1 Å². The summed E-state index contributed by atoms with van der Waals surface area (Å²) in [6, 6.07) is 16.9. The van der Waals surface area contributed by atoms with E-state index < -0.39 is 29.3 Å². The minimum absolute atomic E-state index is 0.0281. The summed E-state index contributed by atoms with van der Waals surface area (Å²) in [5.74, 6) is -1.28. The van der Waals surface area contributed by atoms with Crippen LogP contribution in [0.25, 0.3) is 0 Å². The minimum Gasteiger partial charge on any atom is -0.462 e. The second kappa shape index (κ2) is 10.6. The summed E-state index contributed by atoms with van der Waals surface area (Å²) in [5, 5.41) is 0.292. The molecule has 0 amide bonds. The van der Waals surface area contributed by atoms with Gasteiger partial charge in [-0.1, -0.05) is 52.3 Å². The zero-order valence-electron chi connectivity index (χ0n) is 18.2. The van der Waals surface area contributed by atoms with Gasteiger partial charge in [-0.25, -0.2) is 14.4 Å². The van der Waals surface area contributed by atoms with Crippen molar-refractivity contribution in [2.24, 2.45) is 5.92 Å². The van der Waals surface area contributed by atoms with Gasteiger partial charge in [0.1, 0.15) is 6.10 Å². The number of alkyl halides is 1. The van der Waals surface area contributed by atoms with Crippen molar-refractivity contribution in [1.82, 2.24) is 9.55 Å². The average Bonchev–Trinajstić information content (AvgIpc) is 3.25. The molecule has 1 aliphatic carbocycles. The number of nitrogens with one attached hydrogen (secondary N) is 1. The Hall–Kier alpha value is -3.46. The number of carbonyl (C=O) groups is 2. The van der Waals surface area contributed by atoms with E-state index in [0.29, 0.717) is 34.9 Å². The molecule has 0 aliphatic heterocycles. The maximum atomic E-state index is 12.7. The Kier molecular flexibility index (Phi) is 7.42. The molecule has 1 N–H and O–H groups in total. The zero-order valence-corrected chi connectivity index (χ0v) is 19.8. The fourth-order valence-corrected chi connectivity index (χ4v) is 4.52. The van der Waals surface area contributed by atoms with E-state index in [1.165, 1.54) is 10.8 Å². The highest BCUT2D eigenvalue weighted by atomic mass is 79.9. The van der Waals surface area contributed by atoms with E-state index in [1.807, 2.05) is 0 Å². The molecule has 3 atom stereocenters. The number of rotatable bonds is 7. The summed E-state index contributed by atoms with van der Waals surface area (Å²) >= 11 is 3.26. The maximum Gasteiger partial charge on any atom is 0.338 e. The molecule has 0 saturated heterocycles. The number of hydrogen-bond acceptors (Lipinski definition) is 6. The van der Waals surface area contributed by atoms with Gasteiger partial charge in [0.15, 0.2) is 0 Å². The highest BCUT2D eigenvalue weighted by Gasteiger charge is 2.39. The summed E-state index contributed by atoms with van der Waals surface area (Å²) in [4.78, 5) is 51.9. The first-order valence-electron chi connectivity index (χ1n) is 10.8. The monoisotopic (exact) mass is 526 g/mol. The van der Waals surface area contributed by atoms with Crippen LogP contribution in [0, 0.1) is 5.92 Å². The molecular formula is C25H23BrN2O6. The van der Waals surface area contributed by atoms with Crippen LogP contribution in [0.4, 0.5) is 0 Å². The molecule has 3 aromatic rings. The molecule has 9 heteroatoms. The summed E-state index contributed by atoms with van der Waals surface area (Å²) in [5.41, 5.74) is 0.269. The molecule has 4 rings (SSSR count). The summed E-state index contributed by atoms with van der Waals surface area (Å²) in [7, 11) is 0. The van der Waals surface area contributed by atoms with Crippen LogP contribution in [0.15, 0.2) is 76.4 Å². The van der Waals surface area contributed by atoms with Gasteiger partial charge < -0.3 is 9.47 Å². The number of carbonyl (C=O) groups excluding carboxylic acids is 2. The third-order valence-electron chi connectivity index (χ3n) is 5.89. The van der Waals surface area contributed by atoms with E-state index in [4.69, 9.17) is 9.47 Å². The number of esters is 2. The molecule has 34 heavy (non-hydrogen) atoms. The first kappa shape index (κ1) is 23.7. The average molecular weight is 527 g/mol. The molecule has 0 bridgehead atoms.